The second-order valence-corrected chi connectivity index (χ2v) is 3.89. The minimum atomic E-state index is -0.180. The number of rotatable bonds is 7. The fourth-order valence-electron chi connectivity index (χ4n) is 1.29. The van der Waals surface area contributed by atoms with Crippen LogP contribution in [0.2, 0.25) is 0 Å². The first-order chi connectivity index (χ1) is 8.65. The maximum atomic E-state index is 11.7. The first-order valence-corrected chi connectivity index (χ1v) is 5.75. The lowest BCUT2D eigenvalue weighted by Crippen LogP contribution is -2.27. The van der Waals surface area contributed by atoms with Gasteiger partial charge < -0.3 is 20.1 Å². The van der Waals surface area contributed by atoms with E-state index in [1.807, 2.05) is 19.0 Å². The number of anilines is 1. The SMILES string of the molecule is CN(C)c1ccc(C(=O)NCCOCCO)cn1. The summed E-state index contributed by atoms with van der Waals surface area (Å²) in [6.45, 7) is 1.07. The van der Waals surface area contributed by atoms with Gasteiger partial charge in [0.25, 0.3) is 5.91 Å². The summed E-state index contributed by atoms with van der Waals surface area (Å²) in [7, 11) is 3.78. The highest BCUT2D eigenvalue weighted by Crippen LogP contribution is 2.07. The number of ether oxygens (including phenoxy) is 1. The number of nitrogens with zero attached hydrogens (tertiary/aromatic N) is 2. The Morgan fingerprint density at radius 1 is 1.44 bits per heavy atom. The van der Waals surface area contributed by atoms with Gasteiger partial charge in [0.05, 0.1) is 25.4 Å². The summed E-state index contributed by atoms with van der Waals surface area (Å²) in [4.78, 5) is 17.7. The lowest BCUT2D eigenvalue weighted by molar-refractivity contribution is 0.0838. The summed E-state index contributed by atoms with van der Waals surface area (Å²) in [5.74, 6) is 0.623. The number of hydrogen-bond donors (Lipinski definition) is 2. The van der Waals surface area contributed by atoms with Crippen LogP contribution in [-0.2, 0) is 4.74 Å². The summed E-state index contributed by atoms with van der Waals surface area (Å²) < 4.78 is 5.03. The van der Waals surface area contributed by atoms with Crippen LogP contribution in [0.15, 0.2) is 18.3 Å². The molecule has 0 aliphatic carbocycles. The van der Waals surface area contributed by atoms with Crippen molar-refractivity contribution < 1.29 is 14.6 Å². The molecule has 1 rings (SSSR count). The Bertz CT molecular complexity index is 365. The van der Waals surface area contributed by atoms with Gasteiger partial charge in [-0.15, -0.1) is 0 Å². The minimum Gasteiger partial charge on any atom is -0.394 e. The van der Waals surface area contributed by atoms with Crippen molar-refractivity contribution in [3.05, 3.63) is 23.9 Å². The molecule has 0 aliphatic rings. The Morgan fingerprint density at radius 3 is 2.78 bits per heavy atom. The summed E-state index contributed by atoms with van der Waals surface area (Å²) in [6, 6.07) is 3.52. The predicted molar refractivity (Wildman–Crippen MR) is 68.8 cm³/mol. The van der Waals surface area contributed by atoms with Crippen LogP contribution in [0.1, 0.15) is 10.4 Å². The van der Waals surface area contributed by atoms with Gasteiger partial charge in [0.15, 0.2) is 0 Å². The van der Waals surface area contributed by atoms with Gasteiger partial charge in [-0.25, -0.2) is 4.98 Å². The third kappa shape index (κ3) is 4.68. The van der Waals surface area contributed by atoms with E-state index < -0.39 is 0 Å². The molecule has 0 saturated heterocycles. The second kappa shape index (κ2) is 7.62. The number of aliphatic hydroxyl groups excluding tert-OH is 1. The van der Waals surface area contributed by atoms with Crippen molar-refractivity contribution in [1.29, 1.82) is 0 Å². The molecule has 0 radical (unpaired) electrons. The normalized spacial score (nSPS) is 10.2. The third-order valence-corrected chi connectivity index (χ3v) is 2.24. The number of carbonyl (C=O) groups excluding carboxylic acids is 1. The molecule has 1 amide bonds. The standard InChI is InChI=1S/C12H19N3O3/c1-15(2)11-4-3-10(9-14-11)12(17)13-5-7-18-8-6-16/h3-4,9,16H,5-8H2,1-2H3,(H,13,17). The predicted octanol–water partition coefficient (Wildman–Crippen LogP) is -0.114. The topological polar surface area (TPSA) is 74.7 Å². The van der Waals surface area contributed by atoms with Crippen LogP contribution in [0.4, 0.5) is 5.82 Å². The monoisotopic (exact) mass is 253 g/mol. The molecule has 100 valence electrons. The number of carbonyl (C=O) groups is 1. The molecule has 0 aliphatic heterocycles. The molecular weight excluding hydrogens is 234 g/mol. The van der Waals surface area contributed by atoms with Crippen LogP contribution in [0.5, 0.6) is 0 Å². The number of pyridine rings is 1. The highest BCUT2D eigenvalue weighted by atomic mass is 16.5. The van der Waals surface area contributed by atoms with Crippen LogP contribution in [0.3, 0.4) is 0 Å². The molecule has 1 aromatic rings. The Hall–Kier alpha value is -1.66. The Morgan fingerprint density at radius 2 is 2.22 bits per heavy atom. The summed E-state index contributed by atoms with van der Waals surface area (Å²) in [5, 5.41) is 11.2. The molecule has 1 aromatic heterocycles. The van der Waals surface area contributed by atoms with Gasteiger partial charge in [-0.3, -0.25) is 4.79 Å². The van der Waals surface area contributed by atoms with Crippen molar-refractivity contribution in [1.82, 2.24) is 10.3 Å². The number of aliphatic hydroxyl groups is 1. The van der Waals surface area contributed by atoms with E-state index >= 15 is 0 Å². The van der Waals surface area contributed by atoms with E-state index in [0.717, 1.165) is 5.82 Å². The molecule has 2 N–H and O–H groups in total. The molecule has 0 saturated carbocycles. The first-order valence-electron chi connectivity index (χ1n) is 5.75. The Balaban J connectivity index is 2.37. The first kappa shape index (κ1) is 14.4. The van der Waals surface area contributed by atoms with E-state index in [-0.39, 0.29) is 19.1 Å². The van der Waals surface area contributed by atoms with Crippen molar-refractivity contribution in [3.63, 3.8) is 0 Å². The average Bonchev–Trinajstić information content (AvgIpc) is 2.38. The minimum absolute atomic E-state index is 0.0101. The van der Waals surface area contributed by atoms with Crippen molar-refractivity contribution in [2.45, 2.75) is 0 Å². The van der Waals surface area contributed by atoms with Gasteiger partial charge in [-0.1, -0.05) is 0 Å². The molecule has 0 bridgehead atoms. The molecule has 0 spiro atoms. The van der Waals surface area contributed by atoms with Crippen molar-refractivity contribution in [3.8, 4) is 0 Å². The van der Waals surface area contributed by atoms with Gasteiger partial charge in [-0.05, 0) is 12.1 Å². The molecule has 1 heterocycles. The molecule has 6 heteroatoms. The van der Waals surface area contributed by atoms with Crippen LogP contribution < -0.4 is 10.2 Å². The molecule has 0 aromatic carbocycles. The average molecular weight is 253 g/mol. The second-order valence-electron chi connectivity index (χ2n) is 3.89. The summed E-state index contributed by atoms with van der Waals surface area (Å²) in [5.41, 5.74) is 0.516. The number of hydrogen-bond acceptors (Lipinski definition) is 5. The van der Waals surface area contributed by atoms with Gasteiger partial charge in [0, 0.05) is 26.8 Å². The largest absolute Gasteiger partial charge is 0.394 e. The van der Waals surface area contributed by atoms with Crippen LogP contribution in [0.25, 0.3) is 0 Å². The lowest BCUT2D eigenvalue weighted by atomic mass is 10.2. The molecule has 0 unspecified atom stereocenters. The molecule has 6 nitrogen and oxygen atoms in total. The zero-order valence-electron chi connectivity index (χ0n) is 10.7. The number of aromatic nitrogens is 1. The molecule has 0 atom stereocenters. The third-order valence-electron chi connectivity index (χ3n) is 2.24. The van der Waals surface area contributed by atoms with E-state index in [1.54, 1.807) is 18.3 Å². The van der Waals surface area contributed by atoms with Gasteiger partial charge in [-0.2, -0.15) is 0 Å². The van der Waals surface area contributed by atoms with E-state index in [9.17, 15) is 4.79 Å². The highest BCUT2D eigenvalue weighted by Gasteiger charge is 2.05. The van der Waals surface area contributed by atoms with E-state index in [1.165, 1.54) is 0 Å². The zero-order chi connectivity index (χ0) is 13.4. The van der Waals surface area contributed by atoms with Crippen LogP contribution in [0, 0.1) is 0 Å². The van der Waals surface area contributed by atoms with Crippen molar-refractivity contribution in [2.24, 2.45) is 0 Å². The van der Waals surface area contributed by atoms with Crippen molar-refractivity contribution >= 4 is 11.7 Å². The van der Waals surface area contributed by atoms with E-state index in [0.29, 0.717) is 18.7 Å². The highest BCUT2D eigenvalue weighted by molar-refractivity contribution is 5.94. The van der Waals surface area contributed by atoms with Crippen LogP contribution in [-0.4, -0.2) is 56.5 Å². The van der Waals surface area contributed by atoms with E-state index in [4.69, 9.17) is 9.84 Å². The van der Waals surface area contributed by atoms with Crippen molar-refractivity contribution in [2.75, 3.05) is 45.4 Å². The quantitative estimate of drug-likeness (QED) is 0.663. The number of amides is 1. The summed E-state index contributed by atoms with van der Waals surface area (Å²) >= 11 is 0. The smallest absolute Gasteiger partial charge is 0.252 e. The lowest BCUT2D eigenvalue weighted by Gasteiger charge is -2.11. The van der Waals surface area contributed by atoms with E-state index in [2.05, 4.69) is 10.3 Å². The fraction of sp³-hybridized carbons (Fsp3) is 0.500. The fourth-order valence-corrected chi connectivity index (χ4v) is 1.29. The van der Waals surface area contributed by atoms with Gasteiger partial charge in [0.1, 0.15) is 5.82 Å². The van der Waals surface area contributed by atoms with Crippen LogP contribution >= 0.6 is 0 Å². The molecular formula is C12H19N3O3. The zero-order valence-corrected chi connectivity index (χ0v) is 10.7. The van der Waals surface area contributed by atoms with Gasteiger partial charge >= 0.3 is 0 Å². The molecule has 18 heavy (non-hydrogen) atoms. The number of nitrogens with one attached hydrogen (secondary N) is 1. The maximum absolute atomic E-state index is 11.7. The molecule has 0 fully saturated rings. The summed E-state index contributed by atoms with van der Waals surface area (Å²) in [6.07, 6.45) is 1.54. The Kier molecular flexibility index (Phi) is 6.10. The Labute approximate surface area is 107 Å². The van der Waals surface area contributed by atoms with Gasteiger partial charge in [0.2, 0.25) is 0 Å². The maximum Gasteiger partial charge on any atom is 0.252 e.